The molecular formula is C11H14N4O3. The number of aromatic nitrogens is 3. The van der Waals surface area contributed by atoms with Gasteiger partial charge in [-0.25, -0.2) is 4.98 Å². The van der Waals surface area contributed by atoms with Gasteiger partial charge in [-0.05, 0) is 6.07 Å². The number of methoxy groups -OCH3 is 2. The Hall–Kier alpha value is -1.99. The molecule has 0 saturated carbocycles. The van der Waals surface area contributed by atoms with Crippen molar-refractivity contribution in [3.8, 4) is 17.3 Å². The maximum absolute atomic E-state index is 5.52. The molecule has 0 aliphatic heterocycles. The number of hydrogen-bond acceptors (Lipinski definition) is 7. The van der Waals surface area contributed by atoms with Crippen molar-refractivity contribution in [2.45, 2.75) is 6.10 Å². The average Bonchev–Trinajstić information content (AvgIpc) is 2.90. The summed E-state index contributed by atoms with van der Waals surface area (Å²) >= 11 is 0. The number of hydrogen-bond donors (Lipinski definition) is 1. The Morgan fingerprint density at radius 2 is 2.22 bits per heavy atom. The fraction of sp³-hybridized carbons (Fsp3) is 0.364. The Bertz CT molecular complexity index is 493. The van der Waals surface area contributed by atoms with E-state index < -0.39 is 6.10 Å². The van der Waals surface area contributed by atoms with Crippen molar-refractivity contribution in [2.75, 3.05) is 20.8 Å². The molecule has 2 rings (SSSR count). The van der Waals surface area contributed by atoms with Gasteiger partial charge in [0.1, 0.15) is 6.10 Å². The van der Waals surface area contributed by atoms with E-state index in [-0.39, 0.29) is 6.54 Å². The zero-order valence-corrected chi connectivity index (χ0v) is 10.2. The highest BCUT2D eigenvalue weighted by Gasteiger charge is 2.17. The van der Waals surface area contributed by atoms with Crippen molar-refractivity contribution in [3.63, 3.8) is 0 Å². The second-order valence-electron chi connectivity index (χ2n) is 3.51. The molecular weight excluding hydrogens is 236 g/mol. The van der Waals surface area contributed by atoms with Crippen LogP contribution in [-0.4, -0.2) is 35.9 Å². The van der Waals surface area contributed by atoms with Crippen LogP contribution in [0.4, 0.5) is 0 Å². The van der Waals surface area contributed by atoms with E-state index in [1.54, 1.807) is 25.4 Å². The summed E-state index contributed by atoms with van der Waals surface area (Å²) in [5.41, 5.74) is 6.25. The van der Waals surface area contributed by atoms with Crippen LogP contribution in [0, 0.1) is 0 Å². The van der Waals surface area contributed by atoms with Gasteiger partial charge in [0, 0.05) is 31.5 Å². The van der Waals surface area contributed by atoms with Crippen LogP contribution in [0.3, 0.4) is 0 Å². The Morgan fingerprint density at radius 1 is 1.39 bits per heavy atom. The lowest BCUT2D eigenvalue weighted by Crippen LogP contribution is -2.14. The molecule has 0 fully saturated rings. The third-order valence-electron chi connectivity index (χ3n) is 2.42. The molecule has 0 saturated heterocycles. The molecule has 0 aliphatic rings. The van der Waals surface area contributed by atoms with E-state index in [1.165, 1.54) is 7.11 Å². The van der Waals surface area contributed by atoms with Gasteiger partial charge in [0.15, 0.2) is 0 Å². The van der Waals surface area contributed by atoms with Gasteiger partial charge >= 0.3 is 0 Å². The van der Waals surface area contributed by atoms with Crippen molar-refractivity contribution >= 4 is 0 Å². The predicted octanol–water partition coefficient (Wildman–Crippen LogP) is 0.786. The number of nitrogens with zero attached hydrogens (tertiary/aromatic N) is 3. The standard InChI is InChI=1S/C11H14N4O3/c1-16-8(5-12)11-14-10(15-18-11)7-3-4-9(17-2)13-6-7/h3-4,6,8H,5,12H2,1-2H3. The van der Waals surface area contributed by atoms with Gasteiger partial charge in [-0.15, -0.1) is 0 Å². The highest BCUT2D eigenvalue weighted by atomic mass is 16.5. The summed E-state index contributed by atoms with van der Waals surface area (Å²) in [6, 6.07) is 3.52. The van der Waals surface area contributed by atoms with Gasteiger partial charge in [-0.1, -0.05) is 5.16 Å². The van der Waals surface area contributed by atoms with E-state index in [0.717, 1.165) is 5.56 Å². The summed E-state index contributed by atoms with van der Waals surface area (Å²) in [6.45, 7) is 0.277. The van der Waals surface area contributed by atoms with Gasteiger partial charge < -0.3 is 19.7 Å². The summed E-state index contributed by atoms with van der Waals surface area (Å²) in [4.78, 5) is 8.28. The van der Waals surface area contributed by atoms with Gasteiger partial charge in [0.2, 0.25) is 11.7 Å². The molecule has 0 amide bonds. The van der Waals surface area contributed by atoms with Gasteiger partial charge in [0.25, 0.3) is 5.89 Å². The summed E-state index contributed by atoms with van der Waals surface area (Å²) in [5.74, 6) is 1.32. The molecule has 96 valence electrons. The lowest BCUT2D eigenvalue weighted by molar-refractivity contribution is 0.0804. The van der Waals surface area contributed by atoms with Gasteiger partial charge in [0.05, 0.1) is 7.11 Å². The number of pyridine rings is 1. The van der Waals surface area contributed by atoms with Crippen LogP contribution in [0.15, 0.2) is 22.9 Å². The van der Waals surface area contributed by atoms with Gasteiger partial charge in [-0.2, -0.15) is 4.98 Å². The van der Waals surface area contributed by atoms with Crippen LogP contribution < -0.4 is 10.5 Å². The first-order valence-corrected chi connectivity index (χ1v) is 5.35. The molecule has 2 aromatic heterocycles. The highest BCUT2D eigenvalue weighted by molar-refractivity contribution is 5.53. The molecule has 0 spiro atoms. The minimum Gasteiger partial charge on any atom is -0.481 e. The molecule has 0 bridgehead atoms. The van der Waals surface area contributed by atoms with Crippen molar-refractivity contribution in [1.82, 2.24) is 15.1 Å². The molecule has 7 heteroatoms. The summed E-state index contributed by atoms with van der Waals surface area (Å²) in [6.07, 6.45) is 1.22. The summed E-state index contributed by atoms with van der Waals surface area (Å²) in [7, 11) is 3.09. The normalized spacial score (nSPS) is 12.4. The first-order chi connectivity index (χ1) is 8.78. The maximum Gasteiger partial charge on any atom is 0.257 e. The quantitative estimate of drug-likeness (QED) is 0.837. The molecule has 18 heavy (non-hydrogen) atoms. The number of nitrogens with two attached hydrogens (primary N) is 1. The fourth-order valence-corrected chi connectivity index (χ4v) is 1.41. The van der Waals surface area contributed by atoms with Crippen LogP contribution in [0.25, 0.3) is 11.4 Å². The molecule has 1 atom stereocenters. The fourth-order valence-electron chi connectivity index (χ4n) is 1.41. The van der Waals surface area contributed by atoms with Gasteiger partial charge in [-0.3, -0.25) is 0 Å². The third kappa shape index (κ3) is 2.47. The molecule has 0 aliphatic carbocycles. The van der Waals surface area contributed by atoms with Crippen LogP contribution >= 0.6 is 0 Å². The Kier molecular flexibility index (Phi) is 3.85. The third-order valence-corrected chi connectivity index (χ3v) is 2.42. The van der Waals surface area contributed by atoms with E-state index >= 15 is 0 Å². The van der Waals surface area contributed by atoms with Crippen LogP contribution in [0.5, 0.6) is 5.88 Å². The van der Waals surface area contributed by atoms with Crippen molar-refractivity contribution in [3.05, 3.63) is 24.2 Å². The topological polar surface area (TPSA) is 96.3 Å². The van der Waals surface area contributed by atoms with E-state index in [0.29, 0.717) is 17.6 Å². The monoisotopic (exact) mass is 250 g/mol. The Balaban J connectivity index is 2.23. The summed E-state index contributed by atoms with van der Waals surface area (Å²) < 4.78 is 15.2. The predicted molar refractivity (Wildman–Crippen MR) is 62.9 cm³/mol. The first kappa shape index (κ1) is 12.5. The van der Waals surface area contributed by atoms with E-state index in [2.05, 4.69) is 15.1 Å². The molecule has 0 aromatic carbocycles. The van der Waals surface area contributed by atoms with Crippen molar-refractivity contribution in [1.29, 1.82) is 0 Å². The minimum atomic E-state index is -0.391. The smallest absolute Gasteiger partial charge is 0.257 e. The molecule has 2 aromatic rings. The first-order valence-electron chi connectivity index (χ1n) is 5.35. The van der Waals surface area contributed by atoms with Crippen molar-refractivity contribution < 1.29 is 14.0 Å². The minimum absolute atomic E-state index is 0.277. The zero-order valence-electron chi connectivity index (χ0n) is 10.2. The van der Waals surface area contributed by atoms with Crippen LogP contribution in [0.1, 0.15) is 12.0 Å². The molecule has 0 radical (unpaired) electrons. The Labute approximate surface area is 104 Å². The lowest BCUT2D eigenvalue weighted by Gasteiger charge is -2.05. The second kappa shape index (κ2) is 5.56. The van der Waals surface area contributed by atoms with E-state index in [9.17, 15) is 0 Å². The lowest BCUT2D eigenvalue weighted by atomic mass is 10.3. The zero-order chi connectivity index (χ0) is 13.0. The highest BCUT2D eigenvalue weighted by Crippen LogP contribution is 2.20. The largest absolute Gasteiger partial charge is 0.481 e. The molecule has 2 heterocycles. The average molecular weight is 250 g/mol. The van der Waals surface area contributed by atoms with E-state index in [1.807, 2.05) is 0 Å². The molecule has 2 N–H and O–H groups in total. The number of rotatable bonds is 5. The second-order valence-corrected chi connectivity index (χ2v) is 3.51. The SMILES string of the molecule is COc1ccc(-c2noc(C(CN)OC)n2)cn1. The molecule has 1 unspecified atom stereocenters. The molecule has 7 nitrogen and oxygen atoms in total. The maximum atomic E-state index is 5.52. The van der Waals surface area contributed by atoms with Crippen molar-refractivity contribution in [2.24, 2.45) is 5.73 Å². The Morgan fingerprint density at radius 3 is 2.78 bits per heavy atom. The van der Waals surface area contributed by atoms with Crippen LogP contribution in [0.2, 0.25) is 0 Å². The van der Waals surface area contributed by atoms with E-state index in [4.69, 9.17) is 19.7 Å². The van der Waals surface area contributed by atoms with Crippen LogP contribution in [-0.2, 0) is 4.74 Å². The number of ether oxygens (including phenoxy) is 2. The summed E-state index contributed by atoms with van der Waals surface area (Å²) in [5, 5.41) is 3.86.